The molecule has 2 amide bonds. The maximum absolute atomic E-state index is 12.7. The van der Waals surface area contributed by atoms with Crippen LogP contribution in [0, 0.1) is 0 Å². The van der Waals surface area contributed by atoms with E-state index in [2.05, 4.69) is 15.3 Å². The molecule has 2 aliphatic heterocycles. The van der Waals surface area contributed by atoms with Crippen LogP contribution in [-0.4, -0.2) is 58.9 Å². The van der Waals surface area contributed by atoms with Gasteiger partial charge >= 0.3 is 18.0 Å². The molecule has 7 nitrogen and oxygen atoms in total. The van der Waals surface area contributed by atoms with Crippen LogP contribution in [0.1, 0.15) is 5.69 Å². The van der Waals surface area contributed by atoms with Crippen LogP contribution < -0.4 is 10.2 Å². The number of piperazine rings is 2. The minimum atomic E-state index is -4.53. The predicted octanol–water partition coefficient (Wildman–Crippen LogP) is -0.358. The van der Waals surface area contributed by atoms with Crippen molar-refractivity contribution in [3.63, 3.8) is 0 Å². The maximum Gasteiger partial charge on any atom is 0.433 e. The Morgan fingerprint density at radius 3 is 2.77 bits per heavy atom. The number of amides is 2. The van der Waals surface area contributed by atoms with Crippen molar-refractivity contribution >= 4 is 17.8 Å². The van der Waals surface area contributed by atoms with Crippen molar-refractivity contribution in [3.8, 4) is 0 Å². The molecule has 0 saturated carbocycles. The lowest BCUT2D eigenvalue weighted by Crippen LogP contribution is -2.65. The molecule has 2 aliphatic rings. The van der Waals surface area contributed by atoms with Crippen molar-refractivity contribution in [2.45, 2.75) is 12.2 Å². The lowest BCUT2D eigenvalue weighted by atomic mass is 10.1. The van der Waals surface area contributed by atoms with Gasteiger partial charge in [-0.2, -0.15) is 13.2 Å². The molecule has 0 aromatic carbocycles. The summed E-state index contributed by atoms with van der Waals surface area (Å²) in [5.74, 6) is -1.29. The Bertz CT molecular complexity index is 621. The van der Waals surface area contributed by atoms with Crippen molar-refractivity contribution in [2.24, 2.45) is 0 Å². The van der Waals surface area contributed by atoms with Gasteiger partial charge in [0, 0.05) is 32.4 Å². The second kappa shape index (κ2) is 5.11. The van der Waals surface area contributed by atoms with E-state index in [0.29, 0.717) is 0 Å². The largest absolute Gasteiger partial charge is 0.433 e. The molecule has 1 aromatic heterocycles. The molecule has 2 saturated heterocycles. The van der Waals surface area contributed by atoms with Gasteiger partial charge in [-0.1, -0.05) is 0 Å². The van der Waals surface area contributed by atoms with E-state index in [1.54, 1.807) is 4.90 Å². The normalized spacial score (nSPS) is 22.4. The molecule has 3 rings (SSSR count). The van der Waals surface area contributed by atoms with Gasteiger partial charge in [0.2, 0.25) is 5.95 Å². The van der Waals surface area contributed by atoms with E-state index in [9.17, 15) is 22.8 Å². The van der Waals surface area contributed by atoms with Crippen molar-refractivity contribution in [3.05, 3.63) is 18.0 Å². The minimum Gasteiger partial charge on any atom is -0.346 e. The van der Waals surface area contributed by atoms with Crippen LogP contribution in [-0.2, 0) is 15.8 Å². The number of aromatic nitrogens is 2. The van der Waals surface area contributed by atoms with Gasteiger partial charge in [0.1, 0.15) is 5.69 Å². The summed E-state index contributed by atoms with van der Waals surface area (Å²) >= 11 is 0. The number of rotatable bonds is 1. The summed E-state index contributed by atoms with van der Waals surface area (Å²) in [5, 5.41) is 2.46. The molecular formula is C12H12F3N5O2. The highest BCUT2D eigenvalue weighted by Gasteiger charge is 2.39. The van der Waals surface area contributed by atoms with Crippen LogP contribution in [0.4, 0.5) is 19.1 Å². The van der Waals surface area contributed by atoms with Gasteiger partial charge in [-0.15, -0.1) is 0 Å². The quantitative estimate of drug-likeness (QED) is 0.716. The second-order valence-electron chi connectivity index (χ2n) is 5.05. The molecule has 10 heteroatoms. The minimum absolute atomic E-state index is 0.0289. The van der Waals surface area contributed by atoms with Crippen molar-refractivity contribution in [1.29, 1.82) is 0 Å². The first-order chi connectivity index (χ1) is 10.4. The fourth-order valence-corrected chi connectivity index (χ4v) is 2.55. The Balaban J connectivity index is 1.78. The molecular weight excluding hydrogens is 303 g/mol. The van der Waals surface area contributed by atoms with Crippen LogP contribution in [0.5, 0.6) is 0 Å². The van der Waals surface area contributed by atoms with Gasteiger partial charge in [-0.05, 0) is 6.07 Å². The number of hydrogen-bond donors (Lipinski definition) is 1. The maximum atomic E-state index is 12.7. The Kier molecular flexibility index (Phi) is 3.38. The molecule has 22 heavy (non-hydrogen) atoms. The number of alkyl halides is 3. The number of fused-ring (bicyclic) bond motifs is 1. The molecule has 3 heterocycles. The van der Waals surface area contributed by atoms with E-state index in [4.69, 9.17) is 0 Å². The molecule has 1 atom stereocenters. The Hall–Kier alpha value is -2.39. The fourth-order valence-electron chi connectivity index (χ4n) is 2.55. The third kappa shape index (κ3) is 2.55. The van der Waals surface area contributed by atoms with E-state index >= 15 is 0 Å². The number of nitrogens with zero attached hydrogens (tertiary/aromatic N) is 4. The number of hydrogen-bond acceptors (Lipinski definition) is 5. The molecule has 0 spiro atoms. The molecule has 1 N–H and O–H groups in total. The topological polar surface area (TPSA) is 78.4 Å². The summed E-state index contributed by atoms with van der Waals surface area (Å²) in [6.07, 6.45) is -3.47. The smallest absolute Gasteiger partial charge is 0.346 e. The summed E-state index contributed by atoms with van der Waals surface area (Å²) in [7, 11) is 0. The van der Waals surface area contributed by atoms with E-state index in [-0.39, 0.29) is 38.2 Å². The first kappa shape index (κ1) is 14.5. The Morgan fingerprint density at radius 2 is 2.05 bits per heavy atom. The molecule has 1 unspecified atom stereocenters. The number of carbonyl (C=O) groups is 2. The molecule has 0 bridgehead atoms. The SMILES string of the molecule is O=C1NCC2CN(c3nccc(C(F)(F)F)n3)CCN2C1=O. The van der Waals surface area contributed by atoms with Crippen LogP contribution in [0.3, 0.4) is 0 Å². The molecule has 1 aromatic rings. The standard InChI is InChI=1S/C12H12F3N5O2/c13-12(14,15)8-1-2-16-11(18-8)19-3-4-20-7(6-19)5-17-9(21)10(20)22/h1-2,7H,3-6H2,(H,17,21). The van der Waals surface area contributed by atoms with Gasteiger partial charge in [0.05, 0.1) is 6.04 Å². The van der Waals surface area contributed by atoms with Gasteiger partial charge in [-0.3, -0.25) is 9.59 Å². The first-order valence-electron chi connectivity index (χ1n) is 6.60. The van der Waals surface area contributed by atoms with Crippen LogP contribution >= 0.6 is 0 Å². The summed E-state index contributed by atoms with van der Waals surface area (Å²) in [5.41, 5.74) is -1.01. The van der Waals surface area contributed by atoms with E-state index in [1.807, 2.05) is 0 Å². The predicted molar refractivity (Wildman–Crippen MR) is 67.8 cm³/mol. The summed E-state index contributed by atoms with van der Waals surface area (Å²) in [6, 6.07) is 0.515. The Labute approximate surface area is 123 Å². The first-order valence-corrected chi connectivity index (χ1v) is 6.60. The summed E-state index contributed by atoms with van der Waals surface area (Å²) < 4.78 is 38.1. The van der Waals surface area contributed by atoms with Gasteiger partial charge in [0.15, 0.2) is 0 Å². The van der Waals surface area contributed by atoms with Crippen molar-refractivity contribution in [1.82, 2.24) is 20.2 Å². The third-order valence-corrected chi connectivity index (χ3v) is 3.65. The van der Waals surface area contributed by atoms with Crippen molar-refractivity contribution in [2.75, 3.05) is 31.1 Å². The average Bonchev–Trinajstić information content (AvgIpc) is 2.50. The zero-order valence-corrected chi connectivity index (χ0v) is 11.3. The number of anilines is 1. The van der Waals surface area contributed by atoms with E-state index in [0.717, 1.165) is 12.3 Å². The molecule has 0 aliphatic carbocycles. The summed E-state index contributed by atoms with van der Waals surface area (Å²) in [4.78, 5) is 33.4. The Morgan fingerprint density at radius 1 is 1.27 bits per heavy atom. The summed E-state index contributed by atoms with van der Waals surface area (Å²) in [6.45, 7) is 1.06. The number of halogens is 3. The highest BCUT2D eigenvalue weighted by molar-refractivity contribution is 6.35. The van der Waals surface area contributed by atoms with Crippen molar-refractivity contribution < 1.29 is 22.8 Å². The third-order valence-electron chi connectivity index (χ3n) is 3.65. The van der Waals surface area contributed by atoms with Gasteiger partial charge in [0.25, 0.3) is 0 Å². The average molecular weight is 315 g/mol. The number of nitrogens with one attached hydrogen (secondary N) is 1. The number of carbonyl (C=O) groups excluding carboxylic acids is 2. The highest BCUT2D eigenvalue weighted by atomic mass is 19.4. The van der Waals surface area contributed by atoms with Crippen LogP contribution in [0.25, 0.3) is 0 Å². The molecule has 0 radical (unpaired) electrons. The zero-order valence-electron chi connectivity index (χ0n) is 11.3. The van der Waals surface area contributed by atoms with Crippen LogP contribution in [0.2, 0.25) is 0 Å². The second-order valence-corrected chi connectivity index (χ2v) is 5.05. The van der Waals surface area contributed by atoms with Gasteiger partial charge in [-0.25, -0.2) is 9.97 Å². The van der Waals surface area contributed by atoms with Crippen LogP contribution in [0.15, 0.2) is 12.3 Å². The fraction of sp³-hybridized carbons (Fsp3) is 0.500. The highest BCUT2D eigenvalue weighted by Crippen LogP contribution is 2.28. The van der Waals surface area contributed by atoms with E-state index in [1.165, 1.54) is 4.90 Å². The zero-order chi connectivity index (χ0) is 15.9. The molecule has 2 fully saturated rings. The van der Waals surface area contributed by atoms with E-state index < -0.39 is 23.7 Å². The monoisotopic (exact) mass is 315 g/mol. The molecule has 118 valence electrons. The lowest BCUT2D eigenvalue weighted by molar-refractivity contribution is -0.150. The lowest BCUT2D eigenvalue weighted by Gasteiger charge is -2.43. The van der Waals surface area contributed by atoms with Gasteiger partial charge < -0.3 is 15.1 Å².